The maximum absolute atomic E-state index is 13.9. The van der Waals surface area contributed by atoms with Crippen molar-refractivity contribution in [3.8, 4) is 11.5 Å². The van der Waals surface area contributed by atoms with Crippen LogP contribution in [0.5, 0.6) is 11.5 Å². The predicted octanol–water partition coefficient (Wildman–Crippen LogP) is 4.32. The molecule has 0 spiro atoms. The van der Waals surface area contributed by atoms with Crippen LogP contribution in [0.2, 0.25) is 0 Å². The standard InChI is InChI=1S/C17H20FNO2/c1-11-5-8-17(21-4)14(9-11)12(2)19-16-10-13(20-3)6-7-15(16)18/h5-10,12,19H,1-4H3. The first-order chi connectivity index (χ1) is 10.0. The molecule has 0 aliphatic heterocycles. The van der Waals surface area contributed by atoms with Crippen molar-refractivity contribution in [2.75, 3.05) is 19.5 Å². The molecule has 0 radical (unpaired) electrons. The highest BCUT2D eigenvalue weighted by atomic mass is 19.1. The van der Waals surface area contributed by atoms with Gasteiger partial charge in [0.05, 0.1) is 25.9 Å². The number of anilines is 1. The molecule has 2 rings (SSSR count). The average molecular weight is 289 g/mol. The summed E-state index contributed by atoms with van der Waals surface area (Å²) in [5.41, 5.74) is 2.52. The lowest BCUT2D eigenvalue weighted by Gasteiger charge is -2.19. The van der Waals surface area contributed by atoms with Gasteiger partial charge in [-0.05, 0) is 32.0 Å². The maximum Gasteiger partial charge on any atom is 0.146 e. The van der Waals surface area contributed by atoms with E-state index in [4.69, 9.17) is 9.47 Å². The molecule has 4 heteroatoms. The Morgan fingerprint density at radius 2 is 1.81 bits per heavy atom. The number of aryl methyl sites for hydroxylation is 1. The molecule has 112 valence electrons. The fourth-order valence-corrected chi connectivity index (χ4v) is 2.25. The molecular formula is C17H20FNO2. The highest BCUT2D eigenvalue weighted by Gasteiger charge is 2.14. The van der Waals surface area contributed by atoms with Gasteiger partial charge in [-0.25, -0.2) is 4.39 Å². The quantitative estimate of drug-likeness (QED) is 0.889. The molecule has 0 aromatic heterocycles. The zero-order valence-electron chi connectivity index (χ0n) is 12.7. The van der Waals surface area contributed by atoms with Gasteiger partial charge >= 0.3 is 0 Å². The summed E-state index contributed by atoms with van der Waals surface area (Å²) >= 11 is 0. The summed E-state index contributed by atoms with van der Waals surface area (Å²) in [6, 6.07) is 10.5. The summed E-state index contributed by atoms with van der Waals surface area (Å²) in [5.74, 6) is 1.08. The monoisotopic (exact) mass is 289 g/mol. The van der Waals surface area contributed by atoms with E-state index in [0.29, 0.717) is 11.4 Å². The molecule has 0 aliphatic carbocycles. The van der Waals surface area contributed by atoms with Gasteiger partial charge in [-0.2, -0.15) is 0 Å². The molecule has 1 unspecified atom stereocenters. The lowest BCUT2D eigenvalue weighted by atomic mass is 10.0. The molecule has 0 heterocycles. The lowest BCUT2D eigenvalue weighted by Crippen LogP contribution is -2.10. The molecule has 0 amide bonds. The number of rotatable bonds is 5. The van der Waals surface area contributed by atoms with Crippen molar-refractivity contribution in [3.63, 3.8) is 0 Å². The Hall–Kier alpha value is -2.23. The second-order valence-electron chi connectivity index (χ2n) is 4.96. The number of ether oxygens (including phenoxy) is 2. The zero-order valence-corrected chi connectivity index (χ0v) is 12.7. The van der Waals surface area contributed by atoms with Crippen LogP contribution < -0.4 is 14.8 Å². The lowest BCUT2D eigenvalue weighted by molar-refractivity contribution is 0.407. The predicted molar refractivity (Wildman–Crippen MR) is 82.7 cm³/mol. The number of nitrogens with one attached hydrogen (secondary N) is 1. The third-order valence-electron chi connectivity index (χ3n) is 3.40. The van der Waals surface area contributed by atoms with Gasteiger partial charge in [0.15, 0.2) is 0 Å². The fraction of sp³-hybridized carbons (Fsp3) is 0.294. The van der Waals surface area contributed by atoms with Crippen LogP contribution in [-0.4, -0.2) is 14.2 Å². The minimum Gasteiger partial charge on any atom is -0.497 e. The van der Waals surface area contributed by atoms with Crippen LogP contribution in [0, 0.1) is 12.7 Å². The number of methoxy groups -OCH3 is 2. The molecule has 0 saturated carbocycles. The molecule has 0 bridgehead atoms. The van der Waals surface area contributed by atoms with Gasteiger partial charge in [-0.3, -0.25) is 0 Å². The van der Waals surface area contributed by atoms with E-state index in [0.717, 1.165) is 16.9 Å². The Labute approximate surface area is 124 Å². The summed E-state index contributed by atoms with van der Waals surface area (Å²) in [5, 5.41) is 3.17. The maximum atomic E-state index is 13.9. The van der Waals surface area contributed by atoms with Crippen LogP contribution in [0.15, 0.2) is 36.4 Å². The van der Waals surface area contributed by atoms with Gasteiger partial charge in [0, 0.05) is 11.6 Å². The highest BCUT2D eigenvalue weighted by Crippen LogP contribution is 2.30. The third kappa shape index (κ3) is 3.45. The Kier molecular flexibility index (Phi) is 4.68. The Bertz CT molecular complexity index is 628. The normalized spacial score (nSPS) is 11.9. The second kappa shape index (κ2) is 6.48. The molecular weight excluding hydrogens is 269 g/mol. The van der Waals surface area contributed by atoms with Crippen molar-refractivity contribution in [3.05, 3.63) is 53.3 Å². The first kappa shape index (κ1) is 15.2. The highest BCUT2D eigenvalue weighted by molar-refractivity contribution is 5.52. The Balaban J connectivity index is 2.29. The van der Waals surface area contributed by atoms with E-state index >= 15 is 0 Å². The molecule has 2 aromatic rings. The second-order valence-corrected chi connectivity index (χ2v) is 4.96. The van der Waals surface area contributed by atoms with Crippen LogP contribution in [0.3, 0.4) is 0 Å². The average Bonchev–Trinajstić information content (AvgIpc) is 2.49. The van der Waals surface area contributed by atoms with E-state index in [-0.39, 0.29) is 11.9 Å². The molecule has 2 aromatic carbocycles. The van der Waals surface area contributed by atoms with Crippen LogP contribution in [0.25, 0.3) is 0 Å². The summed E-state index contributed by atoms with van der Waals surface area (Å²) in [7, 11) is 3.19. The van der Waals surface area contributed by atoms with Gasteiger partial charge in [0.25, 0.3) is 0 Å². The van der Waals surface area contributed by atoms with Crippen molar-refractivity contribution in [1.29, 1.82) is 0 Å². The summed E-state index contributed by atoms with van der Waals surface area (Å²) in [6.07, 6.45) is 0. The van der Waals surface area contributed by atoms with Crippen molar-refractivity contribution < 1.29 is 13.9 Å². The van der Waals surface area contributed by atoms with E-state index in [2.05, 4.69) is 5.32 Å². The number of hydrogen-bond donors (Lipinski definition) is 1. The largest absolute Gasteiger partial charge is 0.497 e. The minimum atomic E-state index is -0.311. The van der Waals surface area contributed by atoms with Crippen LogP contribution in [0.4, 0.5) is 10.1 Å². The Morgan fingerprint density at radius 1 is 1.05 bits per heavy atom. The van der Waals surface area contributed by atoms with E-state index < -0.39 is 0 Å². The summed E-state index contributed by atoms with van der Waals surface area (Å²) in [6.45, 7) is 3.98. The van der Waals surface area contributed by atoms with Gasteiger partial charge in [0.2, 0.25) is 0 Å². The number of halogens is 1. The zero-order chi connectivity index (χ0) is 15.4. The Morgan fingerprint density at radius 3 is 2.48 bits per heavy atom. The van der Waals surface area contributed by atoms with E-state index in [1.165, 1.54) is 6.07 Å². The van der Waals surface area contributed by atoms with E-state index in [9.17, 15) is 4.39 Å². The topological polar surface area (TPSA) is 30.5 Å². The molecule has 1 atom stereocenters. The molecule has 0 aliphatic rings. The van der Waals surface area contributed by atoms with Crippen LogP contribution in [-0.2, 0) is 0 Å². The smallest absolute Gasteiger partial charge is 0.146 e. The van der Waals surface area contributed by atoms with Crippen molar-refractivity contribution in [1.82, 2.24) is 0 Å². The third-order valence-corrected chi connectivity index (χ3v) is 3.40. The summed E-state index contributed by atoms with van der Waals surface area (Å²) in [4.78, 5) is 0. The van der Waals surface area contributed by atoms with Gasteiger partial charge in [-0.15, -0.1) is 0 Å². The van der Waals surface area contributed by atoms with Crippen molar-refractivity contribution >= 4 is 5.69 Å². The van der Waals surface area contributed by atoms with Crippen LogP contribution >= 0.6 is 0 Å². The summed E-state index contributed by atoms with van der Waals surface area (Å²) < 4.78 is 24.4. The molecule has 0 saturated heterocycles. The number of hydrogen-bond acceptors (Lipinski definition) is 3. The fourth-order valence-electron chi connectivity index (χ4n) is 2.25. The van der Waals surface area contributed by atoms with Crippen molar-refractivity contribution in [2.45, 2.75) is 19.9 Å². The molecule has 1 N–H and O–H groups in total. The molecule has 21 heavy (non-hydrogen) atoms. The van der Waals surface area contributed by atoms with E-state index in [1.807, 2.05) is 32.0 Å². The molecule has 0 fully saturated rings. The SMILES string of the molecule is COc1ccc(F)c(NC(C)c2cc(C)ccc2OC)c1. The first-order valence-electron chi connectivity index (χ1n) is 6.79. The minimum absolute atomic E-state index is 0.0959. The van der Waals surface area contributed by atoms with Gasteiger partial charge in [0.1, 0.15) is 17.3 Å². The first-order valence-corrected chi connectivity index (χ1v) is 6.79. The van der Waals surface area contributed by atoms with Crippen molar-refractivity contribution in [2.24, 2.45) is 0 Å². The van der Waals surface area contributed by atoms with Gasteiger partial charge in [-0.1, -0.05) is 17.7 Å². The van der Waals surface area contributed by atoms with Gasteiger partial charge < -0.3 is 14.8 Å². The molecule has 3 nitrogen and oxygen atoms in total. The van der Waals surface area contributed by atoms with Crippen LogP contribution in [0.1, 0.15) is 24.1 Å². The number of benzene rings is 2. The van der Waals surface area contributed by atoms with E-state index in [1.54, 1.807) is 26.4 Å².